The largest absolute Gasteiger partial charge is 0.416 e. The molecule has 2 N–H and O–H groups in total. The second kappa shape index (κ2) is 12.7. The Morgan fingerprint density at radius 2 is 1.68 bits per heavy atom. The van der Waals surface area contributed by atoms with E-state index in [2.05, 4.69) is 37.5 Å². The summed E-state index contributed by atoms with van der Waals surface area (Å²) in [4.78, 5) is 0. The van der Waals surface area contributed by atoms with Gasteiger partial charge in [-0.2, -0.15) is 18.4 Å². The van der Waals surface area contributed by atoms with Crippen molar-refractivity contribution in [1.82, 2.24) is 10.6 Å². The van der Waals surface area contributed by atoms with E-state index in [-0.39, 0.29) is 43.3 Å². The summed E-state index contributed by atoms with van der Waals surface area (Å²) in [6, 6.07) is 22.5. The smallest absolute Gasteiger partial charge is 0.365 e. The van der Waals surface area contributed by atoms with Crippen molar-refractivity contribution in [2.45, 2.75) is 63.3 Å². The van der Waals surface area contributed by atoms with Crippen molar-refractivity contribution < 1.29 is 17.9 Å². The van der Waals surface area contributed by atoms with E-state index in [1.165, 1.54) is 6.07 Å². The molecule has 41 heavy (non-hydrogen) atoms. The number of alkyl halides is 3. The average Bonchev–Trinajstić information content (AvgIpc) is 3.20. The first kappa shape index (κ1) is 31.3. The molecule has 0 amide bonds. The van der Waals surface area contributed by atoms with Gasteiger partial charge in [0.1, 0.15) is 5.41 Å². The third-order valence-electron chi connectivity index (χ3n) is 7.47. The molecular weight excluding hydrogens is 570 g/mol. The van der Waals surface area contributed by atoms with E-state index in [1.54, 1.807) is 24.3 Å². The van der Waals surface area contributed by atoms with Gasteiger partial charge >= 0.3 is 6.18 Å². The maximum Gasteiger partial charge on any atom is 0.416 e. The molecule has 4 atom stereocenters. The molecule has 0 bridgehead atoms. The van der Waals surface area contributed by atoms with Crippen LogP contribution in [0.1, 0.15) is 55.4 Å². The Morgan fingerprint density at radius 1 is 0.976 bits per heavy atom. The molecule has 1 heterocycles. The summed E-state index contributed by atoms with van der Waals surface area (Å²) in [5.74, 6) is -0.303. The Morgan fingerprint density at radius 3 is 2.32 bits per heavy atom. The van der Waals surface area contributed by atoms with Gasteiger partial charge in [0.2, 0.25) is 0 Å². The Labute approximate surface area is 249 Å². The highest BCUT2D eigenvalue weighted by atomic mass is 35.5. The molecule has 0 spiro atoms. The van der Waals surface area contributed by atoms with Gasteiger partial charge in [0.25, 0.3) is 0 Å². The van der Waals surface area contributed by atoms with Gasteiger partial charge in [-0.3, -0.25) is 5.32 Å². The summed E-state index contributed by atoms with van der Waals surface area (Å²) in [7, 11) is 0. The number of nitriles is 1. The van der Waals surface area contributed by atoms with E-state index in [0.717, 1.165) is 29.7 Å². The molecule has 1 aliphatic heterocycles. The van der Waals surface area contributed by atoms with Gasteiger partial charge in [-0.05, 0) is 58.9 Å². The van der Waals surface area contributed by atoms with Gasteiger partial charge in [-0.25, -0.2) is 0 Å². The van der Waals surface area contributed by atoms with Crippen LogP contribution in [0.3, 0.4) is 0 Å². The summed E-state index contributed by atoms with van der Waals surface area (Å²) < 4.78 is 45.2. The minimum Gasteiger partial charge on any atom is -0.365 e. The van der Waals surface area contributed by atoms with E-state index in [1.807, 2.05) is 30.3 Å². The number of ether oxygens (including phenoxy) is 1. The summed E-state index contributed by atoms with van der Waals surface area (Å²) in [5.41, 5.74) is 0.590. The molecular formula is C32H34Cl2F3N3O. The predicted molar refractivity (Wildman–Crippen MR) is 157 cm³/mol. The molecule has 4 rings (SSSR count). The average molecular weight is 605 g/mol. The lowest BCUT2D eigenvalue weighted by molar-refractivity contribution is -0.137. The lowest BCUT2D eigenvalue weighted by Crippen LogP contribution is -2.44. The maximum absolute atomic E-state index is 13.1. The van der Waals surface area contributed by atoms with Gasteiger partial charge in [-0.1, -0.05) is 86.4 Å². The maximum atomic E-state index is 13.1. The Balaban J connectivity index is 1.59. The monoisotopic (exact) mass is 603 g/mol. The Hall–Kier alpha value is -2.60. The third-order valence-corrected chi connectivity index (χ3v) is 7.96. The lowest BCUT2D eigenvalue weighted by atomic mass is 9.63. The molecule has 1 saturated heterocycles. The van der Waals surface area contributed by atoms with Crippen LogP contribution in [0, 0.1) is 16.7 Å². The topological polar surface area (TPSA) is 57.1 Å². The fourth-order valence-corrected chi connectivity index (χ4v) is 6.15. The second-order valence-corrected chi connectivity index (χ2v) is 12.6. The third kappa shape index (κ3) is 7.43. The minimum atomic E-state index is -4.39. The Bertz CT molecular complexity index is 1370. The van der Waals surface area contributed by atoms with Gasteiger partial charge in [0, 0.05) is 34.6 Å². The van der Waals surface area contributed by atoms with Crippen molar-refractivity contribution in [2.75, 3.05) is 13.3 Å². The standard InChI is InChI=1S/C32H34Cl2F3N3O/c1-30(2,3)16-28-31(19-38,23-10-12-25(33)13-11-23)29(22-7-5-9-26(34)15-22)27(40-28)18-41-20-39-17-21-6-4-8-24(14-21)32(35,36)37/h4-15,27-29,39-40H,16-18,20H2,1-3H3/t27-,28-,29-,31-/m0/s1. The van der Waals surface area contributed by atoms with Crippen molar-refractivity contribution in [2.24, 2.45) is 5.41 Å². The number of rotatable bonds is 9. The molecule has 9 heteroatoms. The first-order valence-electron chi connectivity index (χ1n) is 13.5. The summed E-state index contributed by atoms with van der Waals surface area (Å²) in [5, 5.41) is 18.9. The van der Waals surface area contributed by atoms with E-state index in [9.17, 15) is 18.4 Å². The molecule has 0 unspecified atom stereocenters. The number of hydrogen-bond donors (Lipinski definition) is 2. The molecule has 4 nitrogen and oxygen atoms in total. The number of hydrogen-bond acceptors (Lipinski definition) is 4. The summed E-state index contributed by atoms with van der Waals surface area (Å²) in [6.45, 7) is 7.06. The molecule has 3 aromatic carbocycles. The molecule has 0 radical (unpaired) electrons. The van der Waals surface area contributed by atoms with E-state index in [0.29, 0.717) is 15.6 Å². The Kier molecular flexibility index (Phi) is 9.73. The van der Waals surface area contributed by atoms with Crippen LogP contribution in [0.2, 0.25) is 10.0 Å². The zero-order valence-electron chi connectivity index (χ0n) is 23.2. The van der Waals surface area contributed by atoms with E-state index < -0.39 is 17.2 Å². The molecule has 0 saturated carbocycles. The zero-order valence-corrected chi connectivity index (χ0v) is 24.7. The fraction of sp³-hybridized carbons (Fsp3) is 0.406. The highest BCUT2D eigenvalue weighted by Crippen LogP contribution is 2.51. The zero-order chi connectivity index (χ0) is 29.8. The van der Waals surface area contributed by atoms with Crippen LogP contribution in [-0.4, -0.2) is 25.4 Å². The van der Waals surface area contributed by atoms with E-state index in [4.69, 9.17) is 27.9 Å². The minimum absolute atomic E-state index is 0.0761. The molecule has 0 aliphatic carbocycles. The first-order valence-corrected chi connectivity index (χ1v) is 14.2. The number of nitrogens with one attached hydrogen (secondary N) is 2. The van der Waals surface area contributed by atoms with Gasteiger partial charge in [0.15, 0.2) is 0 Å². The predicted octanol–water partition coefficient (Wildman–Crippen LogP) is 8.10. The number of nitrogens with zero attached hydrogens (tertiary/aromatic N) is 1. The van der Waals surface area contributed by atoms with Crippen molar-refractivity contribution in [1.29, 1.82) is 5.26 Å². The molecule has 218 valence electrons. The quantitative estimate of drug-likeness (QED) is 0.192. The van der Waals surface area contributed by atoms with Gasteiger partial charge < -0.3 is 10.1 Å². The van der Waals surface area contributed by atoms with Crippen LogP contribution in [-0.2, 0) is 22.9 Å². The van der Waals surface area contributed by atoms with Gasteiger partial charge in [-0.15, -0.1) is 0 Å². The first-order chi connectivity index (χ1) is 19.3. The SMILES string of the molecule is CC(C)(C)C[C@@H]1N[C@@H](COCNCc2cccc(C(F)(F)F)c2)[C@H](c2cccc(Cl)c2)[C@@]1(C#N)c1ccc(Cl)cc1. The van der Waals surface area contributed by atoms with Crippen molar-refractivity contribution in [3.63, 3.8) is 0 Å². The van der Waals surface area contributed by atoms with Crippen LogP contribution in [0.4, 0.5) is 13.2 Å². The normalized spacial score (nSPS) is 23.0. The summed E-state index contributed by atoms with van der Waals surface area (Å²) >= 11 is 12.7. The fourth-order valence-electron chi connectivity index (χ4n) is 5.82. The molecule has 1 aliphatic rings. The van der Waals surface area contributed by atoms with Crippen LogP contribution in [0.5, 0.6) is 0 Å². The molecule has 0 aromatic heterocycles. The van der Waals surface area contributed by atoms with Crippen LogP contribution in [0.25, 0.3) is 0 Å². The highest BCUT2D eigenvalue weighted by molar-refractivity contribution is 6.30. The second-order valence-electron chi connectivity index (χ2n) is 11.8. The highest BCUT2D eigenvalue weighted by Gasteiger charge is 2.57. The number of halogens is 5. The molecule has 1 fully saturated rings. The van der Waals surface area contributed by atoms with E-state index >= 15 is 0 Å². The summed E-state index contributed by atoms with van der Waals surface area (Å²) in [6.07, 6.45) is -3.67. The van der Waals surface area contributed by atoms with Gasteiger partial charge in [0.05, 0.1) is 25.0 Å². The van der Waals surface area contributed by atoms with Crippen LogP contribution in [0.15, 0.2) is 72.8 Å². The van der Waals surface area contributed by atoms with Crippen molar-refractivity contribution in [3.8, 4) is 6.07 Å². The van der Waals surface area contributed by atoms with Crippen LogP contribution >= 0.6 is 23.2 Å². The van der Waals surface area contributed by atoms with Crippen molar-refractivity contribution >= 4 is 23.2 Å². The van der Waals surface area contributed by atoms with Crippen LogP contribution < -0.4 is 10.6 Å². The lowest BCUT2D eigenvalue weighted by Gasteiger charge is -2.37. The molecule has 3 aromatic rings. The van der Waals surface area contributed by atoms with Crippen molar-refractivity contribution in [3.05, 3.63) is 105 Å². The number of benzene rings is 3.